The molecule has 6 nitrogen and oxygen atoms in total. The van der Waals surface area contributed by atoms with Crippen molar-refractivity contribution in [1.82, 2.24) is 9.62 Å². The summed E-state index contributed by atoms with van der Waals surface area (Å²) in [5, 5.41) is 2.94. The van der Waals surface area contributed by atoms with Crippen molar-refractivity contribution in [3.05, 3.63) is 65.0 Å². The second kappa shape index (κ2) is 8.35. The number of amides is 1. The molecule has 0 radical (unpaired) electrons. The molecule has 0 saturated heterocycles. The minimum Gasteiger partial charge on any atom is -0.487 e. The third-order valence-corrected chi connectivity index (χ3v) is 6.25. The molecule has 2 aromatic carbocycles. The summed E-state index contributed by atoms with van der Waals surface area (Å²) in [7, 11) is -3.72. The number of halogens is 1. The van der Waals surface area contributed by atoms with Gasteiger partial charge in [0.25, 0.3) is 0 Å². The lowest BCUT2D eigenvalue weighted by atomic mass is 9.89. The minimum atomic E-state index is -3.72. The van der Waals surface area contributed by atoms with E-state index < -0.39 is 33.9 Å². The molecule has 0 bridgehead atoms. The number of nitrogens with one attached hydrogen (secondary N) is 1. The quantitative estimate of drug-likeness (QED) is 0.757. The van der Waals surface area contributed by atoms with Gasteiger partial charge in [0.05, 0.1) is 18.8 Å². The van der Waals surface area contributed by atoms with Crippen molar-refractivity contribution in [1.29, 1.82) is 0 Å². The van der Waals surface area contributed by atoms with E-state index in [0.29, 0.717) is 12.2 Å². The molecule has 1 amide bonds. The zero-order valence-electron chi connectivity index (χ0n) is 17.6. The summed E-state index contributed by atoms with van der Waals surface area (Å²) in [6.07, 6.45) is 1.55. The van der Waals surface area contributed by atoms with E-state index in [-0.39, 0.29) is 18.2 Å². The maximum Gasteiger partial charge on any atom is 0.235 e. The fraction of sp³-hybridized carbons (Fsp3) is 0.409. The molecule has 0 aromatic heterocycles. The van der Waals surface area contributed by atoms with Crippen LogP contribution in [-0.4, -0.2) is 37.0 Å². The van der Waals surface area contributed by atoms with Gasteiger partial charge in [0.15, 0.2) is 0 Å². The van der Waals surface area contributed by atoms with Crippen LogP contribution in [0.15, 0.2) is 42.5 Å². The zero-order valence-corrected chi connectivity index (χ0v) is 18.4. The number of carbonyl (C=O) groups is 1. The van der Waals surface area contributed by atoms with Crippen molar-refractivity contribution in [3.63, 3.8) is 0 Å². The summed E-state index contributed by atoms with van der Waals surface area (Å²) in [4.78, 5) is 12.8. The van der Waals surface area contributed by atoms with Crippen molar-refractivity contribution in [3.8, 4) is 5.75 Å². The maximum atomic E-state index is 14.0. The van der Waals surface area contributed by atoms with E-state index in [0.717, 1.165) is 21.7 Å². The van der Waals surface area contributed by atoms with E-state index in [9.17, 15) is 17.6 Å². The zero-order chi connectivity index (χ0) is 22.1. The van der Waals surface area contributed by atoms with Gasteiger partial charge in [-0.25, -0.2) is 12.8 Å². The van der Waals surface area contributed by atoms with Crippen LogP contribution in [0.2, 0.25) is 0 Å². The predicted molar refractivity (Wildman–Crippen MR) is 113 cm³/mol. The van der Waals surface area contributed by atoms with Crippen LogP contribution < -0.4 is 10.1 Å². The van der Waals surface area contributed by atoms with Gasteiger partial charge in [-0.2, -0.15) is 4.31 Å². The molecule has 0 saturated carbocycles. The number of fused-ring (bicyclic) bond motifs is 1. The van der Waals surface area contributed by atoms with Gasteiger partial charge >= 0.3 is 0 Å². The molecule has 162 valence electrons. The number of nitrogens with zero attached hydrogens (tertiary/aromatic N) is 1. The van der Waals surface area contributed by atoms with Gasteiger partial charge in [0, 0.05) is 24.1 Å². The summed E-state index contributed by atoms with van der Waals surface area (Å²) in [6.45, 7) is 5.23. The highest BCUT2D eigenvalue weighted by atomic mass is 32.2. The first-order chi connectivity index (χ1) is 13.9. The second-order valence-electron chi connectivity index (χ2n) is 8.35. The third kappa shape index (κ3) is 5.37. The number of ether oxygens (including phenoxy) is 1. The molecule has 3 rings (SSSR count). The summed E-state index contributed by atoms with van der Waals surface area (Å²) in [5.41, 5.74) is 1.63. The molecule has 0 unspecified atom stereocenters. The van der Waals surface area contributed by atoms with E-state index in [1.165, 1.54) is 18.2 Å². The highest BCUT2D eigenvalue weighted by molar-refractivity contribution is 7.88. The molecular weight excluding hydrogens is 407 g/mol. The first-order valence-electron chi connectivity index (χ1n) is 9.72. The Kier molecular flexibility index (Phi) is 6.19. The minimum absolute atomic E-state index is 0.212. The Morgan fingerprint density at radius 1 is 1.27 bits per heavy atom. The van der Waals surface area contributed by atoms with Gasteiger partial charge in [0.2, 0.25) is 15.9 Å². The molecular formula is C22H27FN2O4S. The third-order valence-electron chi connectivity index (χ3n) is 5.05. The largest absolute Gasteiger partial charge is 0.487 e. The molecule has 1 aliphatic heterocycles. The van der Waals surface area contributed by atoms with Crippen molar-refractivity contribution in [2.75, 3.05) is 12.8 Å². The van der Waals surface area contributed by atoms with Crippen molar-refractivity contribution in [2.45, 2.75) is 45.4 Å². The second-order valence-corrected chi connectivity index (χ2v) is 10.3. The highest BCUT2D eigenvalue weighted by Crippen LogP contribution is 2.39. The molecule has 0 spiro atoms. The average molecular weight is 435 g/mol. The van der Waals surface area contributed by atoms with Crippen LogP contribution in [0.5, 0.6) is 5.75 Å². The SMILES string of the molecule is Cc1ccc2c(c1)[C@@H](NC(=O)CN(Cc1ccccc1F)S(C)(=O)=O)CC(C)(C)O2. The summed E-state index contributed by atoms with van der Waals surface area (Å²) >= 11 is 0. The fourth-order valence-electron chi connectivity index (χ4n) is 3.61. The molecule has 0 aliphatic carbocycles. The number of rotatable bonds is 6. The number of carbonyl (C=O) groups excluding carboxylic acids is 1. The normalized spacial score (nSPS) is 17.9. The summed E-state index contributed by atoms with van der Waals surface area (Å²) in [6, 6.07) is 11.4. The van der Waals surface area contributed by atoms with Crippen molar-refractivity contribution >= 4 is 15.9 Å². The number of aryl methyl sites for hydroxylation is 1. The molecule has 1 N–H and O–H groups in total. The van der Waals surface area contributed by atoms with E-state index in [1.807, 2.05) is 39.0 Å². The number of benzene rings is 2. The fourth-order valence-corrected chi connectivity index (χ4v) is 4.34. The van der Waals surface area contributed by atoms with E-state index in [4.69, 9.17) is 4.74 Å². The van der Waals surface area contributed by atoms with Crippen LogP contribution in [0.3, 0.4) is 0 Å². The molecule has 1 aliphatic rings. The number of sulfonamides is 1. The molecule has 2 aromatic rings. The average Bonchev–Trinajstić information content (AvgIpc) is 2.62. The van der Waals surface area contributed by atoms with Crippen LogP contribution in [-0.2, 0) is 21.4 Å². The topological polar surface area (TPSA) is 75.7 Å². The van der Waals surface area contributed by atoms with Crippen LogP contribution in [0.4, 0.5) is 4.39 Å². The first kappa shape index (κ1) is 22.2. The van der Waals surface area contributed by atoms with E-state index >= 15 is 0 Å². The standard InChI is InChI=1S/C22H27FN2O4S/c1-15-9-10-20-17(11-15)19(12-22(2,3)29-20)24-21(26)14-25(30(4,27)28)13-16-7-5-6-8-18(16)23/h5-11,19H,12-14H2,1-4H3,(H,24,26)/t19-/m0/s1. The molecule has 8 heteroatoms. The Morgan fingerprint density at radius 2 is 1.97 bits per heavy atom. The molecule has 1 heterocycles. The maximum absolute atomic E-state index is 14.0. The Labute approximate surface area is 177 Å². The molecule has 30 heavy (non-hydrogen) atoms. The van der Waals surface area contributed by atoms with Gasteiger partial charge in [-0.05, 0) is 32.9 Å². The Balaban J connectivity index is 1.79. The Morgan fingerprint density at radius 3 is 2.63 bits per heavy atom. The van der Waals surface area contributed by atoms with Crippen LogP contribution in [0.25, 0.3) is 0 Å². The van der Waals surface area contributed by atoms with Crippen LogP contribution in [0.1, 0.15) is 43.0 Å². The monoisotopic (exact) mass is 434 g/mol. The van der Waals surface area contributed by atoms with Crippen molar-refractivity contribution in [2.24, 2.45) is 0 Å². The smallest absolute Gasteiger partial charge is 0.235 e. The lowest BCUT2D eigenvalue weighted by molar-refractivity contribution is -0.122. The van der Waals surface area contributed by atoms with Gasteiger partial charge in [-0.1, -0.05) is 35.9 Å². The van der Waals surface area contributed by atoms with E-state index in [1.54, 1.807) is 6.07 Å². The van der Waals surface area contributed by atoms with Gasteiger partial charge < -0.3 is 10.1 Å². The molecule has 0 fully saturated rings. The first-order valence-corrected chi connectivity index (χ1v) is 11.6. The molecule has 1 atom stereocenters. The Bertz CT molecular complexity index is 1050. The summed E-state index contributed by atoms with van der Waals surface area (Å²) in [5.74, 6) is -0.262. The highest BCUT2D eigenvalue weighted by Gasteiger charge is 2.35. The van der Waals surface area contributed by atoms with Gasteiger partial charge in [0.1, 0.15) is 17.2 Å². The van der Waals surface area contributed by atoms with E-state index in [2.05, 4.69) is 5.32 Å². The van der Waals surface area contributed by atoms with Crippen molar-refractivity contribution < 1.29 is 22.3 Å². The van der Waals surface area contributed by atoms with Crippen LogP contribution in [0, 0.1) is 12.7 Å². The lowest BCUT2D eigenvalue weighted by Gasteiger charge is -2.38. The Hall–Kier alpha value is -2.45. The van der Waals surface area contributed by atoms with Gasteiger partial charge in [-0.15, -0.1) is 0 Å². The number of hydrogen-bond donors (Lipinski definition) is 1. The van der Waals surface area contributed by atoms with Gasteiger partial charge in [-0.3, -0.25) is 4.79 Å². The number of hydrogen-bond acceptors (Lipinski definition) is 4. The lowest BCUT2D eigenvalue weighted by Crippen LogP contribution is -2.45. The summed E-state index contributed by atoms with van der Waals surface area (Å²) < 4.78 is 45.4. The van der Waals surface area contributed by atoms with Crippen LogP contribution >= 0.6 is 0 Å². The predicted octanol–water partition coefficient (Wildman–Crippen LogP) is 3.31.